The van der Waals surface area contributed by atoms with E-state index in [2.05, 4.69) is 76.7 Å². The summed E-state index contributed by atoms with van der Waals surface area (Å²) in [5.41, 5.74) is 14.2. The molecule has 0 bridgehead atoms. The third-order valence-electron chi connectivity index (χ3n) is 7.63. The van der Waals surface area contributed by atoms with Crippen LogP contribution in [0.1, 0.15) is 28.3 Å². The Morgan fingerprint density at radius 2 is 1.28 bits per heavy atom. The van der Waals surface area contributed by atoms with Crippen molar-refractivity contribution in [1.29, 1.82) is 5.26 Å². The largest absolute Gasteiger partial charge is 0.382 e. The number of nitriles is 1. The van der Waals surface area contributed by atoms with Crippen LogP contribution in [0.2, 0.25) is 0 Å². The Morgan fingerprint density at radius 3 is 1.87 bits per heavy atom. The number of aromatic amines is 1. The topological polar surface area (TPSA) is 285 Å². The number of hydrogen-bond acceptors (Lipinski definition) is 16. The first-order chi connectivity index (χ1) is 25.6. The second-order valence-electron chi connectivity index (χ2n) is 11.1. The van der Waals surface area contributed by atoms with E-state index < -0.39 is 5.69 Å². The monoisotopic (exact) mass is 707 g/mol. The van der Waals surface area contributed by atoms with E-state index in [1.807, 2.05) is 0 Å². The van der Waals surface area contributed by atoms with Gasteiger partial charge in [-0.3, -0.25) is 4.98 Å². The summed E-state index contributed by atoms with van der Waals surface area (Å²) < 4.78 is 5.04. The predicted octanol–water partition coefficient (Wildman–Crippen LogP) is 4.35. The zero-order valence-electron chi connectivity index (χ0n) is 28.2. The van der Waals surface area contributed by atoms with E-state index in [0.29, 0.717) is 34.4 Å². The summed E-state index contributed by atoms with van der Waals surface area (Å²) in [5, 5.41) is 44.6. The van der Waals surface area contributed by atoms with Crippen LogP contribution < -0.4 is 17.2 Å². The lowest BCUT2D eigenvalue weighted by Gasteiger charge is -2.06. The highest BCUT2D eigenvalue weighted by molar-refractivity contribution is 5.69. The molecule has 0 aromatic carbocycles. The lowest BCUT2D eigenvalue weighted by atomic mass is 10.3. The molecule has 22 heteroatoms. The molecule has 7 heterocycles. The first kappa shape index (κ1) is 33.2. The molecule has 0 unspecified atom stereocenters. The zero-order chi connectivity index (χ0) is 37.4. The minimum absolute atomic E-state index is 0.0415. The van der Waals surface area contributed by atoms with E-state index in [9.17, 15) is 10.1 Å². The van der Waals surface area contributed by atoms with Crippen LogP contribution in [-0.2, 0) is 0 Å². The molecule has 0 radical (unpaired) electrons. The molecular formula is C31H25N21O. The Balaban J connectivity index is 1.24. The van der Waals surface area contributed by atoms with Crippen LogP contribution in [0.5, 0.6) is 0 Å². The average Bonchev–Trinajstić information content (AvgIpc) is 3.85. The second-order valence-corrected chi connectivity index (χ2v) is 11.1. The summed E-state index contributed by atoms with van der Waals surface area (Å²) in [6.45, 7) is 14.3. The first-order valence-electron chi connectivity index (χ1n) is 15.4. The van der Waals surface area contributed by atoms with E-state index in [-0.39, 0.29) is 57.8 Å². The number of hydrogen-bond donors (Lipinski definition) is 3. The van der Waals surface area contributed by atoms with Crippen molar-refractivity contribution in [3.8, 4) is 29.6 Å². The Morgan fingerprint density at radius 1 is 0.736 bits per heavy atom. The van der Waals surface area contributed by atoms with E-state index in [0.717, 1.165) is 9.36 Å². The van der Waals surface area contributed by atoms with Gasteiger partial charge < -0.3 is 11.5 Å². The average molecular weight is 708 g/mol. The Labute approximate surface area is 297 Å². The van der Waals surface area contributed by atoms with Crippen molar-refractivity contribution < 1.29 is 0 Å². The molecule has 0 amide bonds. The summed E-state index contributed by atoms with van der Waals surface area (Å²) in [6.07, 6.45) is 3.17. The van der Waals surface area contributed by atoms with Crippen LogP contribution >= 0.6 is 0 Å². The molecule has 0 atom stereocenters. The fraction of sp³-hybridized carbons (Fsp3) is 0.129. The molecule has 7 rings (SSSR count). The molecule has 0 aliphatic rings. The van der Waals surface area contributed by atoms with Gasteiger partial charge in [-0.15, -0.1) is 20.5 Å². The minimum atomic E-state index is -0.818. The van der Waals surface area contributed by atoms with Gasteiger partial charge in [0.2, 0.25) is 5.95 Å². The fourth-order valence-electron chi connectivity index (χ4n) is 5.13. The highest BCUT2D eigenvalue weighted by atomic mass is 16.1. The summed E-state index contributed by atoms with van der Waals surface area (Å²) in [6, 6.07) is 12.6. The van der Waals surface area contributed by atoms with E-state index in [4.69, 9.17) is 18.0 Å². The molecule has 0 spiro atoms. The molecule has 0 aliphatic carbocycles. The number of nitrogens with zero attached hydrogens (tertiary/aromatic N) is 18. The van der Waals surface area contributed by atoms with Gasteiger partial charge in [-0.25, -0.2) is 24.3 Å². The fourth-order valence-corrected chi connectivity index (χ4v) is 5.13. The van der Waals surface area contributed by atoms with Crippen LogP contribution in [0.25, 0.3) is 28.4 Å². The highest BCUT2D eigenvalue weighted by Crippen LogP contribution is 2.37. The molecule has 260 valence electrons. The van der Waals surface area contributed by atoms with Crippen molar-refractivity contribution in [3.05, 3.63) is 99.0 Å². The second kappa shape index (κ2) is 13.2. The highest BCUT2D eigenvalue weighted by Gasteiger charge is 2.23. The van der Waals surface area contributed by atoms with Crippen molar-refractivity contribution in [2.45, 2.75) is 27.7 Å². The number of pyridine rings is 2. The number of aryl methyl sites for hydroxylation is 4. The van der Waals surface area contributed by atoms with Crippen LogP contribution in [0.15, 0.2) is 74.0 Å². The molecule has 22 nitrogen and oxygen atoms in total. The Bertz CT molecular complexity index is 2550. The lowest BCUT2D eigenvalue weighted by Crippen LogP contribution is -2.22. The maximum absolute atomic E-state index is 12.8. The predicted molar refractivity (Wildman–Crippen MR) is 187 cm³/mol. The first-order valence-corrected chi connectivity index (χ1v) is 15.4. The molecule has 0 aliphatic heterocycles. The van der Waals surface area contributed by atoms with Crippen molar-refractivity contribution in [3.63, 3.8) is 0 Å². The number of anilines is 2. The van der Waals surface area contributed by atoms with Gasteiger partial charge in [0.25, 0.3) is 11.6 Å². The number of nitrogens with two attached hydrogens (primary N) is 2. The molecular weight excluding hydrogens is 682 g/mol. The molecule has 0 saturated heterocycles. The number of nitrogens with one attached hydrogen (secondary N) is 1. The molecule has 5 N–H and O–H groups in total. The summed E-state index contributed by atoms with van der Waals surface area (Å²) >= 11 is 0. The van der Waals surface area contributed by atoms with Gasteiger partial charge in [0.05, 0.1) is 29.3 Å². The lowest BCUT2D eigenvalue weighted by molar-refractivity contribution is 0.732. The van der Waals surface area contributed by atoms with Gasteiger partial charge in [-0.05, 0) is 52.0 Å². The van der Waals surface area contributed by atoms with Crippen molar-refractivity contribution >= 4 is 40.3 Å². The summed E-state index contributed by atoms with van der Waals surface area (Å²) in [5.74, 6) is 0.657. The number of rotatable bonds is 8. The normalized spacial score (nSPS) is 11.4. The molecule has 0 saturated carbocycles. The SMILES string of the molecule is [C-]#[N+]c1c(C)nn(-c2ccccn2)c1N=Nc1c(C)nn(-c2nc(-n3nc(C)c(N=Nc4c(C#N)c(C)nn4-c4ccccn4)c3N)[nH]c(=O)n2)c1N. The number of azo groups is 2. The quantitative estimate of drug-likeness (QED) is 0.147. The summed E-state index contributed by atoms with van der Waals surface area (Å²) in [7, 11) is 0. The van der Waals surface area contributed by atoms with Crippen molar-refractivity contribution in [2.75, 3.05) is 11.5 Å². The Hall–Kier alpha value is -8.27. The van der Waals surface area contributed by atoms with Gasteiger partial charge in [0.15, 0.2) is 46.3 Å². The van der Waals surface area contributed by atoms with Gasteiger partial charge in [0, 0.05) is 12.4 Å². The van der Waals surface area contributed by atoms with Crippen LogP contribution in [0.3, 0.4) is 0 Å². The third-order valence-corrected chi connectivity index (χ3v) is 7.63. The van der Waals surface area contributed by atoms with Gasteiger partial charge in [0.1, 0.15) is 11.6 Å². The zero-order valence-corrected chi connectivity index (χ0v) is 28.2. The molecule has 53 heavy (non-hydrogen) atoms. The number of H-pyrrole nitrogens is 1. The molecule has 7 aromatic heterocycles. The van der Waals surface area contributed by atoms with Crippen LogP contribution in [0.4, 0.5) is 40.3 Å². The van der Waals surface area contributed by atoms with Crippen molar-refractivity contribution in [1.82, 2.24) is 64.0 Å². The molecule has 0 fully saturated rings. The molecule has 7 aromatic rings. The van der Waals surface area contributed by atoms with E-state index >= 15 is 0 Å². The maximum atomic E-state index is 12.8. The van der Waals surface area contributed by atoms with Gasteiger partial charge >= 0.3 is 5.69 Å². The van der Waals surface area contributed by atoms with Crippen LogP contribution in [-0.4, -0.2) is 64.0 Å². The van der Waals surface area contributed by atoms with Crippen LogP contribution in [0, 0.1) is 45.6 Å². The van der Waals surface area contributed by atoms with Gasteiger partial charge in [-0.1, -0.05) is 12.1 Å². The smallest absolute Gasteiger partial charge is 0.351 e. The summed E-state index contributed by atoms with van der Waals surface area (Å²) in [4.78, 5) is 35.8. The third kappa shape index (κ3) is 5.89. The van der Waals surface area contributed by atoms with E-state index in [1.54, 1.807) is 76.5 Å². The standard InChI is InChI=1S/C31H25N21O/c1-15-19(14-32)27(49(45-15)20-10-6-8-12-36-20)43-41-22-16(2)47-51(25(22)33)29-38-30(40-31(53)39-29)52-26(34)23(17(3)48-52)42-44-28-24(35-5)18(4)46-50(28)21-11-7-9-13-37-21/h6-13H,33-34H2,1-4H3,(H,38,39,40,53). The van der Waals surface area contributed by atoms with Crippen molar-refractivity contribution in [2.24, 2.45) is 20.5 Å². The van der Waals surface area contributed by atoms with E-state index in [1.165, 1.54) is 9.36 Å². The number of aromatic nitrogens is 13. The van der Waals surface area contributed by atoms with Gasteiger partial charge in [-0.2, -0.15) is 49.7 Å². The Kier molecular flexibility index (Phi) is 8.29. The maximum Gasteiger partial charge on any atom is 0.351 e. The number of nitrogen functional groups attached to an aromatic ring is 2. The minimum Gasteiger partial charge on any atom is -0.382 e.